The number of carbonyl (C=O) groups excluding carboxylic acids is 1. The molecule has 0 heterocycles. The van der Waals surface area contributed by atoms with Crippen molar-refractivity contribution in [2.45, 2.75) is 180 Å². The van der Waals surface area contributed by atoms with Gasteiger partial charge in [-0.05, 0) is 64.2 Å². The first kappa shape index (κ1) is 43.8. The number of hydrogen-bond donors (Lipinski definition) is 3. The second-order valence-corrected chi connectivity index (χ2v) is 12.6. The molecule has 4 heteroatoms. The maximum atomic E-state index is 12.3. The van der Waals surface area contributed by atoms with E-state index in [1.165, 1.54) is 57.8 Å². The summed E-state index contributed by atoms with van der Waals surface area (Å²) < 4.78 is 0. The van der Waals surface area contributed by atoms with Crippen LogP contribution in [0.3, 0.4) is 0 Å². The monoisotopic (exact) mass is 640 g/mol. The highest BCUT2D eigenvalue weighted by Crippen LogP contribution is 2.14. The fourth-order valence-corrected chi connectivity index (χ4v) is 5.30. The number of nitrogens with one attached hydrogen (secondary N) is 1. The molecule has 0 aliphatic rings. The summed E-state index contributed by atoms with van der Waals surface area (Å²) in [4.78, 5) is 12.3. The van der Waals surface area contributed by atoms with E-state index in [0.29, 0.717) is 12.8 Å². The Morgan fingerprint density at radius 2 is 0.957 bits per heavy atom. The molecule has 0 aromatic rings. The Kier molecular flexibility index (Phi) is 35.5. The summed E-state index contributed by atoms with van der Waals surface area (Å²) in [5.74, 6) is -0.0611. The number of aliphatic hydroxyl groups is 2. The maximum Gasteiger partial charge on any atom is 0.220 e. The van der Waals surface area contributed by atoms with Crippen molar-refractivity contribution < 1.29 is 15.0 Å². The van der Waals surface area contributed by atoms with Gasteiger partial charge in [-0.3, -0.25) is 4.79 Å². The molecule has 0 aromatic heterocycles. The van der Waals surface area contributed by atoms with Crippen molar-refractivity contribution in [1.29, 1.82) is 0 Å². The lowest BCUT2D eigenvalue weighted by molar-refractivity contribution is -0.123. The minimum Gasteiger partial charge on any atom is -0.394 e. The Morgan fingerprint density at radius 1 is 0.543 bits per heavy atom. The van der Waals surface area contributed by atoms with Gasteiger partial charge < -0.3 is 15.5 Å². The lowest BCUT2D eigenvalue weighted by atomic mass is 10.0. The van der Waals surface area contributed by atoms with Gasteiger partial charge in [0, 0.05) is 6.42 Å². The predicted molar refractivity (Wildman–Crippen MR) is 202 cm³/mol. The van der Waals surface area contributed by atoms with Gasteiger partial charge in [-0.25, -0.2) is 0 Å². The van der Waals surface area contributed by atoms with Crippen LogP contribution in [0.5, 0.6) is 0 Å². The van der Waals surface area contributed by atoms with E-state index in [9.17, 15) is 15.0 Å². The van der Waals surface area contributed by atoms with E-state index in [1.807, 2.05) is 0 Å². The maximum absolute atomic E-state index is 12.3. The Hall–Kier alpha value is -2.17. The molecule has 1 amide bonds. The Morgan fingerprint density at radius 3 is 1.43 bits per heavy atom. The summed E-state index contributed by atoms with van der Waals surface area (Å²) in [5.41, 5.74) is 0. The van der Waals surface area contributed by atoms with Crippen LogP contribution in [-0.2, 0) is 4.79 Å². The number of aliphatic hydroxyl groups excluding tert-OH is 2. The first-order chi connectivity index (χ1) is 22.7. The fraction of sp³-hybridized carbons (Fsp3) is 0.690. The van der Waals surface area contributed by atoms with Crippen molar-refractivity contribution in [2.75, 3.05) is 6.61 Å². The van der Waals surface area contributed by atoms with Crippen LogP contribution in [-0.4, -0.2) is 34.9 Å². The number of hydrogen-bond acceptors (Lipinski definition) is 3. The molecule has 0 aromatic carbocycles. The quantitative estimate of drug-likeness (QED) is 0.0494. The van der Waals surface area contributed by atoms with Gasteiger partial charge >= 0.3 is 0 Å². The van der Waals surface area contributed by atoms with Crippen LogP contribution >= 0.6 is 0 Å². The van der Waals surface area contributed by atoms with Gasteiger partial charge in [-0.15, -0.1) is 0 Å². The Balaban J connectivity index is 3.68. The van der Waals surface area contributed by atoms with Crippen LogP contribution in [0.2, 0.25) is 0 Å². The van der Waals surface area contributed by atoms with E-state index in [-0.39, 0.29) is 12.5 Å². The largest absolute Gasteiger partial charge is 0.394 e. The molecule has 46 heavy (non-hydrogen) atoms. The molecule has 0 aliphatic carbocycles. The van der Waals surface area contributed by atoms with Gasteiger partial charge in [0.1, 0.15) is 0 Å². The molecule has 0 rings (SSSR count). The highest BCUT2D eigenvalue weighted by atomic mass is 16.3. The molecule has 0 bridgehead atoms. The topological polar surface area (TPSA) is 69.6 Å². The number of allylic oxidation sites excluding steroid dienone is 12. The van der Waals surface area contributed by atoms with Gasteiger partial charge in [0.2, 0.25) is 5.91 Å². The zero-order chi connectivity index (χ0) is 33.6. The Labute approximate surface area is 285 Å². The summed E-state index contributed by atoms with van der Waals surface area (Å²) in [7, 11) is 0. The average molecular weight is 640 g/mol. The van der Waals surface area contributed by atoms with Crippen LogP contribution in [0.1, 0.15) is 168 Å². The molecule has 0 spiro atoms. The van der Waals surface area contributed by atoms with Gasteiger partial charge in [-0.1, -0.05) is 170 Å². The van der Waals surface area contributed by atoms with E-state index in [0.717, 1.165) is 83.5 Å². The van der Waals surface area contributed by atoms with Crippen LogP contribution in [0.4, 0.5) is 0 Å². The molecule has 3 N–H and O–H groups in total. The van der Waals surface area contributed by atoms with Crippen LogP contribution in [0.15, 0.2) is 72.9 Å². The standard InChI is InChI=1S/C42H73NO3/c1-3-5-7-9-11-13-15-16-17-18-19-20-21-22-23-24-25-26-28-30-32-34-36-38-42(46)43-40(39-44)41(45)37-35-33-31-29-27-14-12-10-8-6-4-2/h5,7,11,13,16-17,19-20,22-23,25-26,40-41,44-45H,3-4,6,8-10,12,14-15,18,21,24,27-39H2,1-2H3,(H,43,46)/b7-5-,13-11-,17-16-,20-19-,23-22-,26-25-. The van der Waals surface area contributed by atoms with Gasteiger partial charge in [0.15, 0.2) is 0 Å². The van der Waals surface area contributed by atoms with Crippen LogP contribution in [0, 0.1) is 0 Å². The van der Waals surface area contributed by atoms with Crippen molar-refractivity contribution in [1.82, 2.24) is 5.32 Å². The number of amides is 1. The third-order valence-electron chi connectivity index (χ3n) is 8.23. The molecule has 0 saturated heterocycles. The van der Waals surface area contributed by atoms with E-state index in [2.05, 4.69) is 92.1 Å². The molecule has 0 fully saturated rings. The first-order valence-corrected chi connectivity index (χ1v) is 19.1. The molecule has 0 saturated carbocycles. The normalized spacial score (nSPS) is 13.9. The van der Waals surface area contributed by atoms with Crippen molar-refractivity contribution in [3.05, 3.63) is 72.9 Å². The summed E-state index contributed by atoms with van der Waals surface area (Å²) in [6.07, 6.45) is 52.4. The second kappa shape index (κ2) is 37.3. The lowest BCUT2D eigenvalue weighted by Gasteiger charge is -2.22. The third-order valence-corrected chi connectivity index (χ3v) is 8.23. The summed E-state index contributed by atoms with van der Waals surface area (Å²) in [6, 6.07) is -0.552. The van der Waals surface area contributed by atoms with Crippen molar-refractivity contribution in [2.24, 2.45) is 0 Å². The molecule has 4 nitrogen and oxygen atoms in total. The molecule has 2 unspecified atom stereocenters. The number of rotatable bonds is 33. The second-order valence-electron chi connectivity index (χ2n) is 12.6. The number of unbranched alkanes of at least 4 members (excludes halogenated alkanes) is 14. The van der Waals surface area contributed by atoms with E-state index in [1.54, 1.807) is 0 Å². The SMILES string of the molecule is CC/C=C\C/C=C\C/C=C\C/C=C\C/C=C\C/C=C\CCCCCCC(=O)NC(CO)C(O)CCCCCCCCCCCCC. The van der Waals surface area contributed by atoms with E-state index < -0.39 is 12.1 Å². The van der Waals surface area contributed by atoms with Gasteiger partial charge in [-0.2, -0.15) is 0 Å². The minimum atomic E-state index is -0.672. The average Bonchev–Trinajstić information content (AvgIpc) is 3.06. The highest BCUT2D eigenvalue weighted by molar-refractivity contribution is 5.76. The lowest BCUT2D eigenvalue weighted by Crippen LogP contribution is -2.45. The summed E-state index contributed by atoms with van der Waals surface area (Å²) in [5, 5.41) is 23.0. The zero-order valence-corrected chi connectivity index (χ0v) is 30.1. The van der Waals surface area contributed by atoms with Crippen molar-refractivity contribution in [3.63, 3.8) is 0 Å². The molecular weight excluding hydrogens is 566 g/mol. The van der Waals surface area contributed by atoms with Gasteiger partial charge in [0.05, 0.1) is 18.8 Å². The molecule has 0 radical (unpaired) electrons. The molecule has 264 valence electrons. The summed E-state index contributed by atoms with van der Waals surface area (Å²) >= 11 is 0. The smallest absolute Gasteiger partial charge is 0.220 e. The third kappa shape index (κ3) is 33.2. The fourth-order valence-electron chi connectivity index (χ4n) is 5.30. The van der Waals surface area contributed by atoms with Crippen LogP contribution in [0.25, 0.3) is 0 Å². The summed E-state index contributed by atoms with van der Waals surface area (Å²) in [6.45, 7) is 4.20. The van der Waals surface area contributed by atoms with Crippen molar-refractivity contribution in [3.8, 4) is 0 Å². The van der Waals surface area contributed by atoms with Crippen molar-refractivity contribution >= 4 is 5.91 Å². The zero-order valence-electron chi connectivity index (χ0n) is 30.1. The molecular formula is C42H73NO3. The van der Waals surface area contributed by atoms with E-state index >= 15 is 0 Å². The highest BCUT2D eigenvalue weighted by Gasteiger charge is 2.19. The number of carbonyl (C=O) groups is 1. The molecule has 2 atom stereocenters. The van der Waals surface area contributed by atoms with Gasteiger partial charge in [0.25, 0.3) is 0 Å². The first-order valence-electron chi connectivity index (χ1n) is 19.1. The van der Waals surface area contributed by atoms with Crippen LogP contribution < -0.4 is 5.32 Å². The molecule has 0 aliphatic heterocycles. The minimum absolute atomic E-state index is 0.0611. The predicted octanol–water partition coefficient (Wildman–Crippen LogP) is 11.6. The Bertz CT molecular complexity index is 823. The van der Waals surface area contributed by atoms with E-state index in [4.69, 9.17) is 0 Å².